The van der Waals surface area contributed by atoms with E-state index < -0.39 is 0 Å². The molecule has 3 rings (SSSR count). The van der Waals surface area contributed by atoms with Crippen LogP contribution in [0.5, 0.6) is 11.5 Å². The van der Waals surface area contributed by atoms with Crippen molar-refractivity contribution in [1.82, 2.24) is 9.80 Å². The molecule has 0 aromatic heterocycles. The molecular weight excluding hydrogens is 431 g/mol. The van der Waals surface area contributed by atoms with Gasteiger partial charge in [-0.3, -0.25) is 9.69 Å². The van der Waals surface area contributed by atoms with Crippen molar-refractivity contribution in [2.24, 2.45) is 0 Å². The molecule has 0 saturated carbocycles. The smallest absolute Gasteiger partial charge is 0.276 e. The number of amides is 1. The molecule has 1 aliphatic rings. The molecule has 1 aliphatic heterocycles. The molecule has 0 aliphatic carbocycles. The summed E-state index contributed by atoms with van der Waals surface area (Å²) < 4.78 is 11.3. The van der Waals surface area contributed by atoms with E-state index in [1.807, 2.05) is 25.1 Å². The number of likely N-dealkylation sites (N-methyl/N-ethyl adjacent to an activating group) is 2. The van der Waals surface area contributed by atoms with Gasteiger partial charge in [0.1, 0.15) is 12.3 Å². The molecule has 0 spiro atoms. The standard InChI is InChI=1S/C21H20Cl2N2O3S/c1-4-25-20(26)17(24(2)21(25)29)10-13-9-16(23)19(18(11-13)27-3)28-12-14-7-5-6-8-15(14)22/h5-11H,4,12H2,1-3H3/b17-10-. The molecule has 5 nitrogen and oxygen atoms in total. The predicted molar refractivity (Wildman–Crippen MR) is 120 cm³/mol. The number of rotatable bonds is 6. The molecule has 1 heterocycles. The first-order valence-electron chi connectivity index (χ1n) is 8.92. The van der Waals surface area contributed by atoms with Crippen molar-refractivity contribution in [1.29, 1.82) is 0 Å². The molecule has 0 radical (unpaired) electrons. The Morgan fingerprint density at radius 2 is 1.90 bits per heavy atom. The third-order valence-corrected chi connectivity index (χ3v) is 5.69. The van der Waals surface area contributed by atoms with Crippen molar-refractivity contribution in [3.8, 4) is 11.5 Å². The van der Waals surface area contributed by atoms with E-state index >= 15 is 0 Å². The van der Waals surface area contributed by atoms with Crippen molar-refractivity contribution in [2.75, 3.05) is 20.7 Å². The Labute approximate surface area is 185 Å². The third-order valence-electron chi connectivity index (χ3n) is 4.54. The van der Waals surface area contributed by atoms with Gasteiger partial charge in [0.15, 0.2) is 16.6 Å². The lowest BCUT2D eigenvalue weighted by atomic mass is 10.1. The fourth-order valence-electron chi connectivity index (χ4n) is 2.98. The highest BCUT2D eigenvalue weighted by Crippen LogP contribution is 2.38. The summed E-state index contributed by atoms with van der Waals surface area (Å²) in [4.78, 5) is 15.8. The summed E-state index contributed by atoms with van der Waals surface area (Å²) in [6, 6.07) is 10.9. The van der Waals surface area contributed by atoms with E-state index in [2.05, 4.69) is 0 Å². The van der Waals surface area contributed by atoms with Crippen LogP contribution < -0.4 is 9.47 Å². The molecule has 1 amide bonds. The maximum absolute atomic E-state index is 12.6. The van der Waals surface area contributed by atoms with E-state index in [1.165, 1.54) is 7.11 Å². The second-order valence-electron chi connectivity index (χ2n) is 6.33. The molecule has 0 N–H and O–H groups in total. The second-order valence-corrected chi connectivity index (χ2v) is 7.51. The molecule has 0 atom stereocenters. The third kappa shape index (κ3) is 4.34. The van der Waals surface area contributed by atoms with E-state index in [4.69, 9.17) is 44.9 Å². The molecule has 8 heteroatoms. The van der Waals surface area contributed by atoms with Gasteiger partial charge >= 0.3 is 0 Å². The Bertz CT molecular complexity index is 994. The largest absolute Gasteiger partial charge is 0.493 e. The molecule has 152 valence electrons. The number of nitrogens with zero attached hydrogens (tertiary/aromatic N) is 2. The minimum absolute atomic E-state index is 0.144. The fraction of sp³-hybridized carbons (Fsp3) is 0.238. The number of hydrogen-bond acceptors (Lipinski definition) is 4. The Hall–Kier alpha value is -2.28. The normalized spacial score (nSPS) is 15.4. The first-order valence-corrected chi connectivity index (χ1v) is 10.1. The molecule has 29 heavy (non-hydrogen) atoms. The first kappa shape index (κ1) is 21.4. The number of halogens is 2. The number of carbonyl (C=O) groups is 1. The average molecular weight is 451 g/mol. The minimum Gasteiger partial charge on any atom is -0.493 e. The molecule has 1 saturated heterocycles. The highest BCUT2D eigenvalue weighted by atomic mass is 35.5. The van der Waals surface area contributed by atoms with Gasteiger partial charge in [0.25, 0.3) is 5.91 Å². The molecule has 1 fully saturated rings. The summed E-state index contributed by atoms with van der Waals surface area (Å²) in [7, 11) is 3.30. The van der Waals surface area contributed by atoms with Crippen LogP contribution in [0, 0.1) is 0 Å². The van der Waals surface area contributed by atoms with Crippen LogP contribution in [0.3, 0.4) is 0 Å². The van der Waals surface area contributed by atoms with E-state index in [-0.39, 0.29) is 12.5 Å². The second kappa shape index (κ2) is 9.03. The molecule has 2 aromatic carbocycles. The zero-order valence-electron chi connectivity index (χ0n) is 16.2. The summed E-state index contributed by atoms with van der Waals surface area (Å²) in [5, 5.41) is 1.45. The van der Waals surface area contributed by atoms with E-state index in [0.29, 0.717) is 44.5 Å². The van der Waals surface area contributed by atoms with Crippen LogP contribution in [0.25, 0.3) is 6.08 Å². The maximum atomic E-state index is 12.6. The Kier molecular flexibility index (Phi) is 6.67. The SMILES string of the molecule is CCN1C(=O)/C(=C/c2cc(Cl)c(OCc3ccccc3Cl)c(OC)c2)N(C)C1=S. The summed E-state index contributed by atoms with van der Waals surface area (Å²) in [5.74, 6) is 0.724. The van der Waals surface area contributed by atoms with Gasteiger partial charge in [0, 0.05) is 24.2 Å². The van der Waals surface area contributed by atoms with Crippen LogP contribution in [-0.2, 0) is 11.4 Å². The Morgan fingerprint density at radius 1 is 1.17 bits per heavy atom. The topological polar surface area (TPSA) is 42.0 Å². The van der Waals surface area contributed by atoms with Crippen LogP contribution in [0.1, 0.15) is 18.1 Å². The van der Waals surface area contributed by atoms with Gasteiger partial charge in [0.2, 0.25) is 0 Å². The average Bonchev–Trinajstić information content (AvgIpc) is 2.90. The monoisotopic (exact) mass is 450 g/mol. The van der Waals surface area contributed by atoms with E-state index in [1.54, 1.807) is 41.1 Å². The molecule has 0 unspecified atom stereocenters. The molecule has 2 aromatic rings. The summed E-state index contributed by atoms with van der Waals surface area (Å²) in [6.07, 6.45) is 1.73. The Morgan fingerprint density at radius 3 is 2.52 bits per heavy atom. The lowest BCUT2D eigenvalue weighted by Crippen LogP contribution is -2.30. The molecule has 0 bridgehead atoms. The lowest BCUT2D eigenvalue weighted by Gasteiger charge is -2.15. The summed E-state index contributed by atoms with van der Waals surface area (Å²) in [6.45, 7) is 2.64. The van der Waals surface area contributed by atoms with Gasteiger partial charge < -0.3 is 14.4 Å². The maximum Gasteiger partial charge on any atom is 0.276 e. The number of hydrogen-bond donors (Lipinski definition) is 0. The van der Waals surface area contributed by atoms with Gasteiger partial charge in [-0.1, -0.05) is 41.4 Å². The van der Waals surface area contributed by atoms with Crippen molar-refractivity contribution in [2.45, 2.75) is 13.5 Å². The van der Waals surface area contributed by atoms with Gasteiger partial charge in [0.05, 0.1) is 12.1 Å². The van der Waals surface area contributed by atoms with Crippen LogP contribution in [-0.4, -0.2) is 41.5 Å². The quantitative estimate of drug-likeness (QED) is 0.457. The lowest BCUT2D eigenvalue weighted by molar-refractivity contribution is -0.122. The van der Waals surface area contributed by atoms with Crippen molar-refractivity contribution >= 4 is 52.5 Å². The highest BCUT2D eigenvalue weighted by Gasteiger charge is 2.34. The summed E-state index contributed by atoms with van der Waals surface area (Å²) >= 11 is 18.0. The van der Waals surface area contributed by atoms with Crippen LogP contribution >= 0.6 is 35.4 Å². The highest BCUT2D eigenvalue weighted by molar-refractivity contribution is 7.80. The number of benzene rings is 2. The minimum atomic E-state index is -0.144. The fourth-order valence-corrected chi connectivity index (χ4v) is 3.75. The van der Waals surface area contributed by atoms with Gasteiger partial charge in [-0.05, 0) is 49.0 Å². The van der Waals surface area contributed by atoms with Crippen LogP contribution in [0.4, 0.5) is 0 Å². The van der Waals surface area contributed by atoms with Gasteiger partial charge in [-0.25, -0.2) is 0 Å². The zero-order chi connectivity index (χ0) is 21.1. The molecular formula is C21H20Cl2N2O3S. The zero-order valence-corrected chi connectivity index (χ0v) is 18.6. The van der Waals surface area contributed by atoms with E-state index in [0.717, 1.165) is 5.56 Å². The first-order chi connectivity index (χ1) is 13.9. The number of thiocarbonyl (C=S) groups is 1. The number of ether oxygens (including phenoxy) is 2. The predicted octanol–water partition coefficient (Wildman–Crippen LogP) is 5.00. The Balaban J connectivity index is 1.90. The van der Waals surface area contributed by atoms with Crippen molar-refractivity contribution in [3.05, 3.63) is 63.3 Å². The number of methoxy groups -OCH3 is 1. The van der Waals surface area contributed by atoms with Gasteiger partial charge in [-0.15, -0.1) is 0 Å². The number of carbonyl (C=O) groups excluding carboxylic acids is 1. The van der Waals surface area contributed by atoms with Crippen LogP contribution in [0.2, 0.25) is 10.0 Å². The summed E-state index contributed by atoms with van der Waals surface area (Å²) in [5.41, 5.74) is 2.01. The van der Waals surface area contributed by atoms with Crippen molar-refractivity contribution < 1.29 is 14.3 Å². The van der Waals surface area contributed by atoms with Crippen molar-refractivity contribution in [3.63, 3.8) is 0 Å². The van der Waals surface area contributed by atoms with Gasteiger partial charge in [-0.2, -0.15) is 0 Å². The van der Waals surface area contributed by atoms with Crippen LogP contribution in [0.15, 0.2) is 42.1 Å². The van der Waals surface area contributed by atoms with E-state index in [9.17, 15) is 4.79 Å².